The van der Waals surface area contributed by atoms with Crippen LogP contribution in [-0.2, 0) is 4.79 Å². The fraction of sp³-hybridized carbons (Fsp3) is 0.286. The Balaban J connectivity index is 1.98. The fourth-order valence-corrected chi connectivity index (χ4v) is 3.13. The summed E-state index contributed by atoms with van der Waals surface area (Å²) in [7, 11) is 0. The first kappa shape index (κ1) is 13.6. The predicted octanol–water partition coefficient (Wildman–Crippen LogP) is 3.56. The van der Waals surface area contributed by atoms with Crippen molar-refractivity contribution in [3.05, 3.63) is 33.8 Å². The van der Waals surface area contributed by atoms with Gasteiger partial charge in [-0.3, -0.25) is 4.79 Å². The topological polar surface area (TPSA) is 53.4 Å². The molecule has 4 nitrogen and oxygen atoms in total. The Bertz CT molecular complexity index is 692. The predicted molar refractivity (Wildman–Crippen MR) is 82.4 cm³/mol. The summed E-state index contributed by atoms with van der Waals surface area (Å²) in [6.07, 6.45) is 0.658. The highest BCUT2D eigenvalue weighted by atomic mass is 79.9. The van der Waals surface area contributed by atoms with E-state index in [-0.39, 0.29) is 5.92 Å². The number of fused-ring (bicyclic) bond motifs is 1. The molecule has 1 aliphatic heterocycles. The first-order chi connectivity index (χ1) is 9.56. The summed E-state index contributed by atoms with van der Waals surface area (Å²) in [4.78, 5) is 17.6. The minimum absolute atomic E-state index is 0.310. The minimum Gasteiger partial charge on any atom is -0.481 e. The van der Waals surface area contributed by atoms with Crippen molar-refractivity contribution in [1.29, 1.82) is 0 Å². The number of carboxylic acids is 1. The lowest BCUT2D eigenvalue weighted by molar-refractivity contribution is -0.140. The van der Waals surface area contributed by atoms with Crippen LogP contribution in [-0.4, -0.2) is 29.1 Å². The third kappa shape index (κ3) is 2.36. The number of pyridine rings is 1. The second-order valence-electron chi connectivity index (χ2n) is 4.86. The van der Waals surface area contributed by atoms with Crippen molar-refractivity contribution >= 4 is 50.2 Å². The monoisotopic (exact) mass is 354 g/mol. The first-order valence-corrected chi connectivity index (χ1v) is 7.46. The van der Waals surface area contributed by atoms with Crippen LogP contribution >= 0.6 is 27.5 Å². The number of halogens is 2. The number of aliphatic carboxylic acids is 1. The van der Waals surface area contributed by atoms with E-state index in [1.54, 1.807) is 0 Å². The summed E-state index contributed by atoms with van der Waals surface area (Å²) in [5, 5.41) is 10.6. The molecule has 1 aliphatic rings. The average molecular weight is 356 g/mol. The molecule has 0 saturated carbocycles. The van der Waals surface area contributed by atoms with E-state index in [1.807, 2.05) is 29.2 Å². The van der Waals surface area contributed by atoms with Gasteiger partial charge < -0.3 is 10.0 Å². The van der Waals surface area contributed by atoms with Gasteiger partial charge in [-0.25, -0.2) is 4.98 Å². The van der Waals surface area contributed by atoms with Crippen molar-refractivity contribution in [1.82, 2.24) is 4.98 Å². The molecule has 1 aromatic heterocycles. The number of benzene rings is 1. The summed E-state index contributed by atoms with van der Waals surface area (Å²) < 4.78 is 0.882. The van der Waals surface area contributed by atoms with E-state index in [1.165, 1.54) is 0 Å². The molecular weight excluding hydrogens is 344 g/mol. The highest BCUT2D eigenvalue weighted by molar-refractivity contribution is 9.10. The van der Waals surface area contributed by atoms with E-state index in [0.717, 1.165) is 21.2 Å². The smallest absolute Gasteiger partial charge is 0.308 e. The maximum Gasteiger partial charge on any atom is 0.308 e. The van der Waals surface area contributed by atoms with Crippen LogP contribution in [0.5, 0.6) is 0 Å². The molecule has 0 aliphatic carbocycles. The molecule has 2 aromatic rings. The number of nitrogens with zero attached hydrogens (tertiary/aromatic N) is 2. The summed E-state index contributed by atoms with van der Waals surface area (Å²) in [5.74, 6) is -0.253. The molecule has 1 aromatic carbocycles. The largest absolute Gasteiger partial charge is 0.481 e. The Hall–Kier alpha value is -1.33. The van der Waals surface area contributed by atoms with E-state index in [2.05, 4.69) is 20.9 Å². The maximum absolute atomic E-state index is 11.0. The molecule has 0 bridgehead atoms. The van der Waals surface area contributed by atoms with Gasteiger partial charge in [0.15, 0.2) is 0 Å². The molecule has 20 heavy (non-hydrogen) atoms. The zero-order valence-electron chi connectivity index (χ0n) is 10.5. The molecule has 0 radical (unpaired) electrons. The summed E-state index contributed by atoms with van der Waals surface area (Å²) in [6.45, 7) is 1.22. The van der Waals surface area contributed by atoms with E-state index in [0.29, 0.717) is 24.5 Å². The molecule has 1 saturated heterocycles. The van der Waals surface area contributed by atoms with Crippen LogP contribution in [0.3, 0.4) is 0 Å². The van der Waals surface area contributed by atoms with Gasteiger partial charge in [-0.1, -0.05) is 11.6 Å². The van der Waals surface area contributed by atoms with E-state index in [4.69, 9.17) is 16.7 Å². The van der Waals surface area contributed by atoms with Crippen molar-refractivity contribution in [2.24, 2.45) is 5.92 Å². The minimum atomic E-state index is -0.738. The highest BCUT2D eigenvalue weighted by Gasteiger charge is 2.28. The van der Waals surface area contributed by atoms with Crippen LogP contribution in [0.2, 0.25) is 5.02 Å². The number of carboxylic acid groups (broad SMARTS) is 1. The number of carbonyl (C=O) groups is 1. The molecule has 1 N–H and O–H groups in total. The Labute approximate surface area is 129 Å². The van der Waals surface area contributed by atoms with E-state index >= 15 is 0 Å². The first-order valence-electron chi connectivity index (χ1n) is 6.29. The molecule has 0 amide bonds. The Morgan fingerprint density at radius 3 is 2.90 bits per heavy atom. The van der Waals surface area contributed by atoms with Gasteiger partial charge in [0, 0.05) is 22.9 Å². The molecular formula is C14H12BrClN2O2. The van der Waals surface area contributed by atoms with Gasteiger partial charge >= 0.3 is 5.97 Å². The van der Waals surface area contributed by atoms with Gasteiger partial charge in [-0.2, -0.15) is 0 Å². The number of anilines is 1. The zero-order valence-corrected chi connectivity index (χ0v) is 12.9. The Morgan fingerprint density at radius 1 is 1.40 bits per heavy atom. The van der Waals surface area contributed by atoms with Crippen LogP contribution in [0.4, 0.5) is 5.82 Å². The normalized spacial score (nSPS) is 18.7. The zero-order chi connectivity index (χ0) is 14.3. The lowest BCUT2D eigenvalue weighted by Crippen LogP contribution is -2.23. The van der Waals surface area contributed by atoms with Gasteiger partial charge in [0.2, 0.25) is 0 Å². The van der Waals surface area contributed by atoms with E-state index < -0.39 is 5.97 Å². The van der Waals surface area contributed by atoms with Crippen molar-refractivity contribution in [3.63, 3.8) is 0 Å². The SMILES string of the molecule is O=C(O)C1CCN(c2ccc3c(Cl)ccc(Br)c3n2)C1. The number of aromatic nitrogens is 1. The van der Waals surface area contributed by atoms with Crippen molar-refractivity contribution < 1.29 is 9.90 Å². The van der Waals surface area contributed by atoms with Crippen molar-refractivity contribution in [2.75, 3.05) is 18.0 Å². The summed E-state index contributed by atoms with van der Waals surface area (Å²) in [6, 6.07) is 7.51. The molecule has 1 atom stereocenters. The summed E-state index contributed by atoms with van der Waals surface area (Å²) >= 11 is 9.63. The van der Waals surface area contributed by atoms with Crippen molar-refractivity contribution in [2.45, 2.75) is 6.42 Å². The van der Waals surface area contributed by atoms with Crippen molar-refractivity contribution in [3.8, 4) is 0 Å². The molecule has 104 valence electrons. The molecule has 1 fully saturated rings. The highest BCUT2D eigenvalue weighted by Crippen LogP contribution is 2.31. The lowest BCUT2D eigenvalue weighted by Gasteiger charge is -2.17. The quantitative estimate of drug-likeness (QED) is 0.895. The van der Waals surface area contributed by atoms with Gasteiger partial charge in [0.25, 0.3) is 0 Å². The van der Waals surface area contributed by atoms with Crippen LogP contribution < -0.4 is 4.90 Å². The molecule has 3 rings (SSSR count). The molecule has 6 heteroatoms. The number of hydrogen-bond acceptors (Lipinski definition) is 3. The third-order valence-electron chi connectivity index (χ3n) is 3.60. The molecule has 2 heterocycles. The lowest BCUT2D eigenvalue weighted by atomic mass is 10.1. The van der Waals surface area contributed by atoms with Crippen LogP contribution in [0, 0.1) is 5.92 Å². The Kier molecular flexibility index (Phi) is 3.56. The van der Waals surface area contributed by atoms with Gasteiger partial charge in [-0.15, -0.1) is 0 Å². The van der Waals surface area contributed by atoms with Crippen LogP contribution in [0.1, 0.15) is 6.42 Å². The Morgan fingerprint density at radius 2 is 2.20 bits per heavy atom. The third-order valence-corrected chi connectivity index (χ3v) is 4.57. The number of hydrogen-bond donors (Lipinski definition) is 1. The molecule has 0 spiro atoms. The number of rotatable bonds is 2. The standard InChI is InChI=1S/C14H12BrClN2O2/c15-10-2-3-11(16)9-1-4-12(17-13(9)10)18-6-5-8(7-18)14(19)20/h1-4,8H,5-7H2,(H,19,20). The average Bonchev–Trinajstić information content (AvgIpc) is 2.93. The van der Waals surface area contributed by atoms with Crippen LogP contribution in [0.15, 0.2) is 28.7 Å². The fourth-order valence-electron chi connectivity index (χ4n) is 2.48. The van der Waals surface area contributed by atoms with Gasteiger partial charge in [-0.05, 0) is 46.6 Å². The van der Waals surface area contributed by atoms with Gasteiger partial charge in [0.05, 0.1) is 16.5 Å². The second-order valence-corrected chi connectivity index (χ2v) is 6.13. The van der Waals surface area contributed by atoms with Gasteiger partial charge in [0.1, 0.15) is 5.82 Å². The maximum atomic E-state index is 11.0. The summed E-state index contributed by atoms with van der Waals surface area (Å²) in [5.41, 5.74) is 0.800. The van der Waals surface area contributed by atoms with Crippen LogP contribution in [0.25, 0.3) is 10.9 Å². The van der Waals surface area contributed by atoms with E-state index in [9.17, 15) is 4.79 Å². The second kappa shape index (κ2) is 5.22. The molecule has 1 unspecified atom stereocenters.